The number of aromatic nitrogens is 1. The first-order valence-electron chi connectivity index (χ1n) is 5.67. The van der Waals surface area contributed by atoms with Crippen LogP contribution in [0.2, 0.25) is 0 Å². The van der Waals surface area contributed by atoms with Crippen molar-refractivity contribution < 1.29 is 0 Å². The summed E-state index contributed by atoms with van der Waals surface area (Å²) in [5.41, 5.74) is 3.94. The molecule has 1 aromatic heterocycles. The van der Waals surface area contributed by atoms with Crippen molar-refractivity contribution in [3.05, 3.63) is 29.1 Å². The molecule has 14 heavy (non-hydrogen) atoms. The molecular weight excluding hydrogens is 170 g/mol. The van der Waals surface area contributed by atoms with E-state index in [-0.39, 0.29) is 0 Å². The van der Waals surface area contributed by atoms with Crippen molar-refractivity contribution in [1.82, 2.24) is 4.98 Å². The highest BCUT2D eigenvalue weighted by molar-refractivity contribution is 5.25. The van der Waals surface area contributed by atoms with Crippen molar-refractivity contribution >= 4 is 0 Å². The first-order chi connectivity index (χ1) is 6.69. The summed E-state index contributed by atoms with van der Waals surface area (Å²) in [5.74, 6) is 0.544. The minimum absolute atomic E-state index is 0.544. The molecule has 1 nitrogen and oxygen atoms in total. The van der Waals surface area contributed by atoms with Crippen LogP contribution < -0.4 is 0 Å². The SMILES string of the molecule is CCCc1ccc(CC)nc1C(C)C. The van der Waals surface area contributed by atoms with Crippen LogP contribution in [0.25, 0.3) is 0 Å². The second-order valence-electron chi connectivity index (χ2n) is 4.11. The predicted octanol–water partition coefficient (Wildman–Crippen LogP) is 3.72. The van der Waals surface area contributed by atoms with Gasteiger partial charge in [-0.15, -0.1) is 0 Å². The third-order valence-electron chi connectivity index (χ3n) is 2.50. The van der Waals surface area contributed by atoms with Crippen LogP contribution in [0.4, 0.5) is 0 Å². The fourth-order valence-corrected chi connectivity index (χ4v) is 1.72. The van der Waals surface area contributed by atoms with Crippen molar-refractivity contribution in [2.45, 2.75) is 52.9 Å². The fourth-order valence-electron chi connectivity index (χ4n) is 1.72. The van der Waals surface area contributed by atoms with Gasteiger partial charge in [0, 0.05) is 11.4 Å². The largest absolute Gasteiger partial charge is 0.257 e. The van der Waals surface area contributed by atoms with E-state index in [1.807, 2.05) is 0 Å². The Morgan fingerprint density at radius 2 is 1.93 bits per heavy atom. The summed E-state index contributed by atoms with van der Waals surface area (Å²) in [5, 5.41) is 0. The fraction of sp³-hybridized carbons (Fsp3) is 0.615. The molecular formula is C13H21N. The standard InChI is InChI=1S/C13H21N/c1-5-7-11-8-9-12(6-2)14-13(11)10(3)4/h8-10H,5-7H2,1-4H3. The van der Waals surface area contributed by atoms with Crippen LogP contribution in [0.1, 0.15) is 57.0 Å². The summed E-state index contributed by atoms with van der Waals surface area (Å²) in [6.45, 7) is 8.83. The number of hydrogen-bond donors (Lipinski definition) is 0. The van der Waals surface area contributed by atoms with Crippen LogP contribution in [0.3, 0.4) is 0 Å². The molecule has 0 saturated heterocycles. The zero-order valence-electron chi connectivity index (χ0n) is 9.80. The van der Waals surface area contributed by atoms with Gasteiger partial charge < -0.3 is 0 Å². The molecule has 0 aliphatic rings. The molecule has 1 rings (SSSR count). The first-order valence-corrected chi connectivity index (χ1v) is 5.67. The molecule has 1 heterocycles. The van der Waals surface area contributed by atoms with Gasteiger partial charge in [-0.25, -0.2) is 0 Å². The van der Waals surface area contributed by atoms with E-state index in [1.54, 1.807) is 0 Å². The molecule has 0 aliphatic heterocycles. The van der Waals surface area contributed by atoms with E-state index >= 15 is 0 Å². The van der Waals surface area contributed by atoms with Gasteiger partial charge in [-0.05, 0) is 30.4 Å². The maximum atomic E-state index is 4.71. The molecule has 0 bridgehead atoms. The quantitative estimate of drug-likeness (QED) is 0.707. The molecule has 0 fully saturated rings. The lowest BCUT2D eigenvalue weighted by atomic mass is 9.99. The summed E-state index contributed by atoms with van der Waals surface area (Å²) in [6.07, 6.45) is 3.39. The maximum Gasteiger partial charge on any atom is 0.0464 e. The average Bonchev–Trinajstić information content (AvgIpc) is 2.18. The van der Waals surface area contributed by atoms with Crippen molar-refractivity contribution in [1.29, 1.82) is 0 Å². The highest BCUT2D eigenvalue weighted by Gasteiger charge is 2.08. The van der Waals surface area contributed by atoms with Gasteiger partial charge in [0.2, 0.25) is 0 Å². The summed E-state index contributed by atoms with van der Waals surface area (Å²) >= 11 is 0. The van der Waals surface area contributed by atoms with Gasteiger partial charge in [0.05, 0.1) is 0 Å². The molecule has 0 atom stereocenters. The molecule has 0 aromatic carbocycles. The lowest BCUT2D eigenvalue weighted by molar-refractivity contribution is 0.769. The van der Waals surface area contributed by atoms with Crippen LogP contribution in [0, 0.1) is 0 Å². The Morgan fingerprint density at radius 1 is 1.21 bits per heavy atom. The van der Waals surface area contributed by atoms with E-state index in [4.69, 9.17) is 4.98 Å². The minimum Gasteiger partial charge on any atom is -0.257 e. The highest BCUT2D eigenvalue weighted by atomic mass is 14.7. The molecule has 1 heteroatoms. The number of pyridine rings is 1. The smallest absolute Gasteiger partial charge is 0.0464 e. The maximum absolute atomic E-state index is 4.71. The topological polar surface area (TPSA) is 12.9 Å². The average molecular weight is 191 g/mol. The van der Waals surface area contributed by atoms with E-state index in [2.05, 4.69) is 39.8 Å². The second-order valence-corrected chi connectivity index (χ2v) is 4.11. The Kier molecular flexibility index (Phi) is 4.12. The number of hydrogen-bond acceptors (Lipinski definition) is 1. The number of nitrogens with zero attached hydrogens (tertiary/aromatic N) is 1. The lowest BCUT2D eigenvalue weighted by Gasteiger charge is -2.12. The summed E-state index contributed by atoms with van der Waals surface area (Å²) in [4.78, 5) is 4.71. The Morgan fingerprint density at radius 3 is 2.43 bits per heavy atom. The molecule has 0 spiro atoms. The zero-order chi connectivity index (χ0) is 10.6. The minimum atomic E-state index is 0.544. The van der Waals surface area contributed by atoms with E-state index in [1.165, 1.54) is 23.4 Å². The normalized spacial score (nSPS) is 10.9. The van der Waals surface area contributed by atoms with Gasteiger partial charge in [0.25, 0.3) is 0 Å². The van der Waals surface area contributed by atoms with Crippen molar-refractivity contribution in [2.24, 2.45) is 0 Å². The van der Waals surface area contributed by atoms with Crippen molar-refractivity contribution in [3.63, 3.8) is 0 Å². The van der Waals surface area contributed by atoms with Crippen LogP contribution >= 0.6 is 0 Å². The van der Waals surface area contributed by atoms with Crippen LogP contribution in [0.5, 0.6) is 0 Å². The molecule has 1 aromatic rings. The van der Waals surface area contributed by atoms with Crippen LogP contribution in [-0.4, -0.2) is 4.98 Å². The highest BCUT2D eigenvalue weighted by Crippen LogP contribution is 2.19. The molecule has 0 N–H and O–H groups in total. The molecule has 0 amide bonds. The Labute approximate surface area is 87.6 Å². The Hall–Kier alpha value is -0.850. The van der Waals surface area contributed by atoms with Gasteiger partial charge in [-0.1, -0.05) is 40.2 Å². The van der Waals surface area contributed by atoms with E-state index < -0.39 is 0 Å². The molecule has 0 unspecified atom stereocenters. The van der Waals surface area contributed by atoms with Crippen LogP contribution in [-0.2, 0) is 12.8 Å². The summed E-state index contributed by atoms with van der Waals surface area (Å²) in [7, 11) is 0. The lowest BCUT2D eigenvalue weighted by Crippen LogP contribution is -2.02. The number of aryl methyl sites for hydroxylation is 2. The third kappa shape index (κ3) is 2.57. The Balaban J connectivity index is 3.03. The summed E-state index contributed by atoms with van der Waals surface area (Å²) in [6, 6.07) is 4.42. The summed E-state index contributed by atoms with van der Waals surface area (Å²) < 4.78 is 0. The molecule has 0 saturated carbocycles. The number of rotatable bonds is 4. The van der Waals surface area contributed by atoms with Gasteiger partial charge >= 0.3 is 0 Å². The van der Waals surface area contributed by atoms with E-state index in [0.717, 1.165) is 12.8 Å². The van der Waals surface area contributed by atoms with Crippen molar-refractivity contribution in [2.75, 3.05) is 0 Å². The first kappa shape index (κ1) is 11.2. The van der Waals surface area contributed by atoms with Gasteiger partial charge in [0.1, 0.15) is 0 Å². The molecule has 0 aliphatic carbocycles. The zero-order valence-corrected chi connectivity index (χ0v) is 9.80. The van der Waals surface area contributed by atoms with Gasteiger partial charge in [0.15, 0.2) is 0 Å². The molecule has 0 radical (unpaired) electrons. The van der Waals surface area contributed by atoms with Crippen molar-refractivity contribution in [3.8, 4) is 0 Å². The Bertz CT molecular complexity index is 289. The monoisotopic (exact) mass is 191 g/mol. The third-order valence-corrected chi connectivity index (χ3v) is 2.50. The van der Waals surface area contributed by atoms with E-state index in [9.17, 15) is 0 Å². The predicted molar refractivity (Wildman–Crippen MR) is 61.7 cm³/mol. The van der Waals surface area contributed by atoms with Crippen LogP contribution in [0.15, 0.2) is 12.1 Å². The van der Waals surface area contributed by atoms with E-state index in [0.29, 0.717) is 5.92 Å². The van der Waals surface area contributed by atoms with Gasteiger partial charge in [-0.2, -0.15) is 0 Å². The second kappa shape index (κ2) is 5.14. The molecule has 78 valence electrons. The van der Waals surface area contributed by atoms with Gasteiger partial charge in [-0.3, -0.25) is 4.98 Å².